The lowest BCUT2D eigenvalue weighted by atomic mass is 10.2. The number of carbonyl (C=O) groups excluding carboxylic acids is 2. The van der Waals surface area contributed by atoms with E-state index < -0.39 is 5.91 Å². The van der Waals surface area contributed by atoms with Crippen LogP contribution in [0.3, 0.4) is 0 Å². The Balaban J connectivity index is 1.79. The molecule has 0 spiro atoms. The van der Waals surface area contributed by atoms with E-state index in [0.717, 1.165) is 22.3 Å². The van der Waals surface area contributed by atoms with Gasteiger partial charge >= 0.3 is 0 Å². The van der Waals surface area contributed by atoms with Crippen molar-refractivity contribution in [2.75, 3.05) is 0 Å². The van der Waals surface area contributed by atoms with Crippen LogP contribution in [0.15, 0.2) is 59.5 Å². The molecule has 24 heavy (non-hydrogen) atoms. The van der Waals surface area contributed by atoms with Gasteiger partial charge in [-0.1, -0.05) is 65.8 Å². The first-order chi connectivity index (χ1) is 11.6. The number of nitrogens with one attached hydrogen (secondary N) is 1. The highest BCUT2D eigenvalue weighted by molar-refractivity contribution is 8.26. The molecule has 1 N–H and O–H groups in total. The van der Waals surface area contributed by atoms with Crippen LogP contribution in [0.5, 0.6) is 0 Å². The van der Waals surface area contributed by atoms with Gasteiger partial charge in [0, 0.05) is 0 Å². The van der Waals surface area contributed by atoms with E-state index in [1.165, 1.54) is 0 Å². The van der Waals surface area contributed by atoms with Crippen molar-refractivity contribution in [2.24, 2.45) is 0 Å². The SMILES string of the molecule is O=C(NN1C(=O)C(=Cc2ccccc2)SC1=S)c1ccccc1Cl. The number of benzene rings is 2. The minimum atomic E-state index is -0.488. The molecule has 2 aromatic rings. The Labute approximate surface area is 153 Å². The fraction of sp³-hybridized carbons (Fsp3) is 0. The van der Waals surface area contributed by atoms with Gasteiger partial charge < -0.3 is 0 Å². The second-order valence-corrected chi connectivity index (χ2v) is 6.93. The molecule has 7 heteroatoms. The zero-order chi connectivity index (χ0) is 17.1. The molecule has 0 radical (unpaired) electrons. The van der Waals surface area contributed by atoms with E-state index in [1.807, 2.05) is 30.3 Å². The predicted octanol–water partition coefficient (Wildman–Crippen LogP) is 3.89. The highest BCUT2D eigenvalue weighted by Crippen LogP contribution is 2.31. The van der Waals surface area contributed by atoms with E-state index in [9.17, 15) is 9.59 Å². The topological polar surface area (TPSA) is 49.4 Å². The number of nitrogens with zero attached hydrogens (tertiary/aromatic N) is 1. The summed E-state index contributed by atoms with van der Waals surface area (Å²) in [7, 11) is 0. The van der Waals surface area contributed by atoms with E-state index in [2.05, 4.69) is 5.43 Å². The molecule has 2 amide bonds. The smallest absolute Gasteiger partial charge is 0.267 e. The van der Waals surface area contributed by atoms with Crippen LogP contribution < -0.4 is 5.43 Å². The van der Waals surface area contributed by atoms with Gasteiger partial charge in [-0.3, -0.25) is 15.0 Å². The Morgan fingerprint density at radius 1 is 1.12 bits per heavy atom. The Morgan fingerprint density at radius 3 is 2.50 bits per heavy atom. The van der Waals surface area contributed by atoms with Crippen molar-refractivity contribution in [3.05, 3.63) is 75.7 Å². The van der Waals surface area contributed by atoms with E-state index >= 15 is 0 Å². The van der Waals surface area contributed by atoms with E-state index in [-0.39, 0.29) is 15.8 Å². The molecule has 4 nitrogen and oxygen atoms in total. The van der Waals surface area contributed by atoms with Crippen molar-refractivity contribution in [1.29, 1.82) is 0 Å². The van der Waals surface area contributed by atoms with E-state index in [0.29, 0.717) is 9.93 Å². The molecule has 120 valence electrons. The van der Waals surface area contributed by atoms with Gasteiger partial charge in [-0.05, 0) is 36.0 Å². The van der Waals surface area contributed by atoms with Crippen LogP contribution in [0, 0.1) is 0 Å². The molecule has 1 aliphatic rings. The molecule has 0 aromatic heterocycles. The second kappa shape index (κ2) is 7.17. The first-order valence-electron chi connectivity index (χ1n) is 6.95. The van der Waals surface area contributed by atoms with Gasteiger partial charge in [0.15, 0.2) is 4.32 Å². The summed E-state index contributed by atoms with van der Waals surface area (Å²) in [6.07, 6.45) is 1.74. The van der Waals surface area contributed by atoms with E-state index in [1.54, 1.807) is 30.3 Å². The molecule has 3 rings (SSSR count). The number of halogens is 1. The number of hydrazine groups is 1. The lowest BCUT2D eigenvalue weighted by molar-refractivity contribution is -0.123. The normalized spacial score (nSPS) is 15.9. The highest BCUT2D eigenvalue weighted by atomic mass is 35.5. The fourth-order valence-corrected chi connectivity index (χ4v) is 3.47. The largest absolute Gasteiger partial charge is 0.285 e. The molecule has 0 bridgehead atoms. The van der Waals surface area contributed by atoms with Gasteiger partial charge in [-0.15, -0.1) is 0 Å². The molecule has 0 unspecified atom stereocenters. The molecule has 1 heterocycles. The summed E-state index contributed by atoms with van der Waals surface area (Å²) in [4.78, 5) is 25.2. The maximum atomic E-state index is 12.5. The Bertz CT molecular complexity index is 853. The number of carbonyl (C=O) groups is 2. The number of hydrogen-bond donors (Lipinski definition) is 1. The molecule has 1 fully saturated rings. The summed E-state index contributed by atoms with van der Waals surface area (Å²) in [5.74, 6) is -0.855. The van der Waals surface area contributed by atoms with Gasteiger partial charge in [-0.2, -0.15) is 5.01 Å². The highest BCUT2D eigenvalue weighted by Gasteiger charge is 2.34. The Morgan fingerprint density at radius 2 is 1.79 bits per heavy atom. The summed E-state index contributed by atoms with van der Waals surface area (Å²) in [6.45, 7) is 0. The first kappa shape index (κ1) is 16.7. The molecule has 1 aliphatic heterocycles. The molecule has 0 atom stereocenters. The van der Waals surface area contributed by atoms with Crippen LogP contribution in [0.1, 0.15) is 15.9 Å². The number of hydrogen-bond acceptors (Lipinski definition) is 4. The predicted molar refractivity (Wildman–Crippen MR) is 100 cm³/mol. The van der Waals surface area contributed by atoms with Crippen LogP contribution in [0.4, 0.5) is 0 Å². The van der Waals surface area contributed by atoms with Crippen molar-refractivity contribution in [2.45, 2.75) is 0 Å². The van der Waals surface area contributed by atoms with Crippen LogP contribution in [0.2, 0.25) is 5.02 Å². The van der Waals surface area contributed by atoms with Gasteiger partial charge in [0.1, 0.15) is 0 Å². The molecule has 2 aromatic carbocycles. The maximum absolute atomic E-state index is 12.5. The van der Waals surface area contributed by atoms with Crippen molar-refractivity contribution >= 4 is 57.8 Å². The average molecular weight is 375 g/mol. The molecular formula is C17H11ClN2O2S2. The Hall–Kier alpha value is -2.15. The number of thioether (sulfide) groups is 1. The van der Waals surface area contributed by atoms with Crippen LogP contribution in [-0.2, 0) is 4.79 Å². The van der Waals surface area contributed by atoms with Crippen LogP contribution >= 0.6 is 35.6 Å². The van der Waals surface area contributed by atoms with Gasteiger partial charge in [-0.25, -0.2) is 0 Å². The summed E-state index contributed by atoms with van der Waals surface area (Å²) in [5.41, 5.74) is 3.67. The average Bonchev–Trinajstić information content (AvgIpc) is 2.83. The minimum Gasteiger partial charge on any atom is -0.267 e. The lowest BCUT2D eigenvalue weighted by Gasteiger charge is -2.16. The molecule has 0 aliphatic carbocycles. The third-order valence-electron chi connectivity index (χ3n) is 3.22. The standard InChI is InChI=1S/C17H11ClN2O2S2/c18-13-9-5-4-8-12(13)15(21)19-20-16(22)14(24-17(20)23)10-11-6-2-1-3-7-11/h1-10H,(H,19,21). The fourth-order valence-electron chi connectivity index (χ4n) is 2.07. The quantitative estimate of drug-likeness (QED) is 0.654. The van der Waals surface area contributed by atoms with E-state index in [4.69, 9.17) is 23.8 Å². The maximum Gasteiger partial charge on any atom is 0.285 e. The van der Waals surface area contributed by atoms with Crippen molar-refractivity contribution in [1.82, 2.24) is 10.4 Å². The minimum absolute atomic E-state index is 0.266. The third-order valence-corrected chi connectivity index (χ3v) is 4.85. The van der Waals surface area contributed by atoms with Gasteiger partial charge in [0.25, 0.3) is 11.8 Å². The van der Waals surface area contributed by atoms with Crippen molar-refractivity contribution in [3.8, 4) is 0 Å². The second-order valence-electron chi connectivity index (χ2n) is 4.85. The zero-order valence-electron chi connectivity index (χ0n) is 12.2. The van der Waals surface area contributed by atoms with Crippen molar-refractivity contribution < 1.29 is 9.59 Å². The monoisotopic (exact) mass is 374 g/mol. The Kier molecular flexibility index (Phi) is 4.99. The number of rotatable bonds is 3. The molecular weight excluding hydrogens is 364 g/mol. The third kappa shape index (κ3) is 3.51. The molecule has 1 saturated heterocycles. The summed E-state index contributed by atoms with van der Waals surface area (Å²) in [5, 5.41) is 1.38. The van der Waals surface area contributed by atoms with Crippen molar-refractivity contribution in [3.63, 3.8) is 0 Å². The van der Waals surface area contributed by atoms with Crippen LogP contribution in [0.25, 0.3) is 6.08 Å². The number of amides is 2. The summed E-state index contributed by atoms with van der Waals surface area (Å²) < 4.78 is 0.266. The lowest BCUT2D eigenvalue weighted by Crippen LogP contribution is -2.44. The van der Waals surface area contributed by atoms with Gasteiger partial charge in [0.05, 0.1) is 15.5 Å². The van der Waals surface area contributed by atoms with Crippen LogP contribution in [-0.4, -0.2) is 21.1 Å². The first-order valence-corrected chi connectivity index (χ1v) is 8.55. The van der Waals surface area contributed by atoms with Gasteiger partial charge in [0.2, 0.25) is 0 Å². The molecule has 0 saturated carbocycles. The summed E-state index contributed by atoms with van der Waals surface area (Å²) >= 11 is 12.3. The zero-order valence-corrected chi connectivity index (χ0v) is 14.6. The number of thiocarbonyl (C=S) groups is 1. The summed E-state index contributed by atoms with van der Waals surface area (Å²) in [6, 6.07) is 16.0.